The van der Waals surface area contributed by atoms with E-state index in [0.717, 1.165) is 17.7 Å². The number of aliphatic hydroxyl groups is 1. The third kappa shape index (κ3) is 7.17. The van der Waals surface area contributed by atoms with Gasteiger partial charge in [0.2, 0.25) is 0 Å². The van der Waals surface area contributed by atoms with Gasteiger partial charge in [0.05, 0.1) is 13.1 Å². The smallest absolute Gasteiger partial charge is 0.191 e. The zero-order valence-corrected chi connectivity index (χ0v) is 18.7. The van der Waals surface area contributed by atoms with Crippen LogP contribution in [0.3, 0.4) is 0 Å². The standard InChI is InChI=1S/C20H27N3OS.HI/c1-4-21-19(22-14-16-10-12-18(25-3)13-11-16)23-15-20(2,24)17-8-6-5-7-9-17;/h5-13,24H,4,14-15H2,1-3H3,(H2,21,22,23);1H. The third-order valence-corrected chi connectivity index (χ3v) is 4.66. The molecule has 1 atom stereocenters. The van der Waals surface area contributed by atoms with Crippen LogP contribution in [-0.4, -0.2) is 30.4 Å². The number of benzene rings is 2. The highest BCUT2D eigenvalue weighted by Gasteiger charge is 2.22. The lowest BCUT2D eigenvalue weighted by Crippen LogP contribution is -2.44. The van der Waals surface area contributed by atoms with Gasteiger partial charge in [-0.05, 0) is 43.4 Å². The number of hydrogen-bond donors (Lipinski definition) is 3. The molecule has 0 aliphatic heterocycles. The Labute approximate surface area is 177 Å². The molecule has 0 amide bonds. The summed E-state index contributed by atoms with van der Waals surface area (Å²) in [6.07, 6.45) is 2.07. The van der Waals surface area contributed by atoms with Crippen LogP contribution in [0, 0.1) is 0 Å². The summed E-state index contributed by atoms with van der Waals surface area (Å²) in [5, 5.41) is 17.2. The molecule has 26 heavy (non-hydrogen) atoms. The molecule has 0 saturated carbocycles. The van der Waals surface area contributed by atoms with Crippen LogP contribution >= 0.6 is 35.7 Å². The Bertz CT molecular complexity index is 675. The largest absolute Gasteiger partial charge is 0.384 e. The lowest BCUT2D eigenvalue weighted by Gasteiger charge is -2.25. The van der Waals surface area contributed by atoms with E-state index in [4.69, 9.17) is 0 Å². The maximum absolute atomic E-state index is 10.7. The van der Waals surface area contributed by atoms with Gasteiger partial charge < -0.3 is 15.7 Å². The first-order chi connectivity index (χ1) is 12.0. The molecule has 0 fully saturated rings. The summed E-state index contributed by atoms with van der Waals surface area (Å²) < 4.78 is 0. The molecule has 142 valence electrons. The average Bonchev–Trinajstić information content (AvgIpc) is 2.65. The van der Waals surface area contributed by atoms with Crippen LogP contribution < -0.4 is 10.6 Å². The lowest BCUT2D eigenvalue weighted by atomic mass is 9.96. The number of thioether (sulfide) groups is 1. The van der Waals surface area contributed by atoms with Crippen molar-refractivity contribution in [1.82, 2.24) is 10.6 Å². The lowest BCUT2D eigenvalue weighted by molar-refractivity contribution is 0.0617. The normalized spacial score (nSPS) is 13.5. The van der Waals surface area contributed by atoms with Gasteiger partial charge in [0, 0.05) is 11.4 Å². The molecule has 0 spiro atoms. The number of nitrogens with one attached hydrogen (secondary N) is 2. The van der Waals surface area contributed by atoms with Gasteiger partial charge in [0.15, 0.2) is 5.96 Å². The molecule has 0 bridgehead atoms. The number of hydrogen-bond acceptors (Lipinski definition) is 3. The molecule has 0 saturated heterocycles. The van der Waals surface area contributed by atoms with Crippen molar-refractivity contribution < 1.29 is 5.11 Å². The molecule has 0 aliphatic rings. The van der Waals surface area contributed by atoms with E-state index in [1.165, 1.54) is 4.90 Å². The van der Waals surface area contributed by atoms with E-state index in [9.17, 15) is 5.11 Å². The number of rotatable bonds is 7. The summed E-state index contributed by atoms with van der Waals surface area (Å²) in [5.74, 6) is 0.702. The second-order valence-corrected chi connectivity index (χ2v) is 6.92. The minimum atomic E-state index is -0.961. The van der Waals surface area contributed by atoms with E-state index in [-0.39, 0.29) is 24.0 Å². The maximum atomic E-state index is 10.7. The Balaban J connectivity index is 0.00000338. The Hall–Kier alpha value is -1.25. The van der Waals surface area contributed by atoms with Crippen molar-refractivity contribution >= 4 is 41.7 Å². The number of aliphatic imine (C=N–C) groups is 1. The van der Waals surface area contributed by atoms with Gasteiger partial charge in [-0.1, -0.05) is 42.5 Å². The maximum Gasteiger partial charge on any atom is 0.191 e. The van der Waals surface area contributed by atoms with E-state index in [1.807, 2.05) is 37.3 Å². The van der Waals surface area contributed by atoms with Gasteiger partial charge in [0.25, 0.3) is 0 Å². The van der Waals surface area contributed by atoms with Crippen molar-refractivity contribution in [3.05, 3.63) is 65.7 Å². The van der Waals surface area contributed by atoms with Crippen LogP contribution in [-0.2, 0) is 12.1 Å². The van der Waals surface area contributed by atoms with Crippen LogP contribution in [0.15, 0.2) is 64.5 Å². The minimum Gasteiger partial charge on any atom is -0.384 e. The Morgan fingerprint density at radius 1 is 1.08 bits per heavy atom. The van der Waals surface area contributed by atoms with Gasteiger partial charge >= 0.3 is 0 Å². The first-order valence-electron chi connectivity index (χ1n) is 8.48. The van der Waals surface area contributed by atoms with Crippen LogP contribution in [0.1, 0.15) is 25.0 Å². The van der Waals surface area contributed by atoms with E-state index in [2.05, 4.69) is 46.1 Å². The zero-order chi connectivity index (χ0) is 18.1. The van der Waals surface area contributed by atoms with Crippen molar-refractivity contribution in [3.8, 4) is 0 Å². The fourth-order valence-electron chi connectivity index (χ4n) is 2.40. The second kappa shape index (κ2) is 11.5. The highest BCUT2D eigenvalue weighted by Crippen LogP contribution is 2.19. The summed E-state index contributed by atoms with van der Waals surface area (Å²) >= 11 is 1.73. The van der Waals surface area contributed by atoms with Crippen molar-refractivity contribution in [2.45, 2.75) is 30.9 Å². The number of nitrogens with zero attached hydrogens (tertiary/aromatic N) is 1. The molecule has 2 aromatic carbocycles. The first kappa shape index (κ1) is 22.8. The second-order valence-electron chi connectivity index (χ2n) is 6.04. The molecule has 2 aromatic rings. The molecule has 6 heteroatoms. The van der Waals surface area contributed by atoms with Crippen molar-refractivity contribution in [2.75, 3.05) is 19.3 Å². The molecule has 0 aromatic heterocycles. The van der Waals surface area contributed by atoms with E-state index < -0.39 is 5.60 Å². The molecule has 1 unspecified atom stereocenters. The average molecular weight is 485 g/mol. The van der Waals surface area contributed by atoms with E-state index in [1.54, 1.807) is 18.7 Å². The number of guanidine groups is 1. The monoisotopic (exact) mass is 485 g/mol. The van der Waals surface area contributed by atoms with Gasteiger partial charge in [-0.25, -0.2) is 4.99 Å². The fourth-order valence-corrected chi connectivity index (χ4v) is 2.81. The van der Waals surface area contributed by atoms with Gasteiger partial charge in [-0.3, -0.25) is 0 Å². The van der Waals surface area contributed by atoms with Crippen LogP contribution in [0.25, 0.3) is 0 Å². The SMILES string of the molecule is CCNC(=NCc1ccc(SC)cc1)NCC(C)(O)c1ccccc1.I. The molecule has 4 nitrogen and oxygen atoms in total. The Kier molecular flexibility index (Phi) is 10.0. The molecular weight excluding hydrogens is 457 g/mol. The molecule has 0 radical (unpaired) electrons. The van der Waals surface area contributed by atoms with Crippen LogP contribution in [0.5, 0.6) is 0 Å². The van der Waals surface area contributed by atoms with Crippen LogP contribution in [0.4, 0.5) is 0 Å². The van der Waals surface area contributed by atoms with Crippen molar-refractivity contribution in [3.63, 3.8) is 0 Å². The predicted octanol–water partition coefficient (Wildman–Crippen LogP) is 3.99. The van der Waals surface area contributed by atoms with Crippen molar-refractivity contribution in [2.24, 2.45) is 4.99 Å². The topological polar surface area (TPSA) is 56.7 Å². The van der Waals surface area contributed by atoms with E-state index >= 15 is 0 Å². The number of halogens is 1. The summed E-state index contributed by atoms with van der Waals surface area (Å²) in [4.78, 5) is 5.86. The first-order valence-corrected chi connectivity index (χ1v) is 9.70. The zero-order valence-electron chi connectivity index (χ0n) is 15.5. The summed E-state index contributed by atoms with van der Waals surface area (Å²) in [6, 6.07) is 18.1. The summed E-state index contributed by atoms with van der Waals surface area (Å²) in [5.41, 5.74) is 1.08. The Morgan fingerprint density at radius 3 is 2.31 bits per heavy atom. The van der Waals surface area contributed by atoms with Gasteiger partial charge in [0.1, 0.15) is 5.60 Å². The van der Waals surface area contributed by atoms with Crippen LogP contribution in [0.2, 0.25) is 0 Å². The molecular formula is C20H28IN3OS. The quantitative estimate of drug-likeness (QED) is 0.240. The highest BCUT2D eigenvalue weighted by molar-refractivity contribution is 14.0. The predicted molar refractivity (Wildman–Crippen MR) is 122 cm³/mol. The van der Waals surface area contributed by atoms with E-state index in [0.29, 0.717) is 19.0 Å². The fraction of sp³-hybridized carbons (Fsp3) is 0.350. The summed E-state index contributed by atoms with van der Waals surface area (Å²) in [6.45, 7) is 5.58. The minimum absolute atomic E-state index is 0. The highest BCUT2D eigenvalue weighted by atomic mass is 127. The molecule has 0 heterocycles. The van der Waals surface area contributed by atoms with Gasteiger partial charge in [-0.2, -0.15) is 0 Å². The molecule has 0 aliphatic carbocycles. The molecule has 2 rings (SSSR count). The van der Waals surface area contributed by atoms with Crippen molar-refractivity contribution in [1.29, 1.82) is 0 Å². The van der Waals surface area contributed by atoms with Gasteiger partial charge in [-0.15, -0.1) is 35.7 Å². The molecule has 3 N–H and O–H groups in total. The summed E-state index contributed by atoms with van der Waals surface area (Å²) in [7, 11) is 0. The Morgan fingerprint density at radius 2 is 1.73 bits per heavy atom. The third-order valence-electron chi connectivity index (χ3n) is 3.92.